The summed E-state index contributed by atoms with van der Waals surface area (Å²) in [4.78, 5) is 5.96. The summed E-state index contributed by atoms with van der Waals surface area (Å²) in [6.07, 6.45) is -4.32. The maximum absolute atomic E-state index is 12.5. The molecule has 1 atom stereocenters. The Labute approximate surface area is 76.8 Å². The largest absolute Gasteiger partial charge is 0.386 e. The molecule has 0 bridgehead atoms. The number of nitrogens with one attached hydrogen (secondary N) is 1. The van der Waals surface area contributed by atoms with Gasteiger partial charge in [0.05, 0.1) is 0 Å². The molecule has 0 saturated carbocycles. The highest BCUT2D eigenvalue weighted by atomic mass is 19.3. The smallest absolute Gasteiger partial charge is 0.333 e. The van der Waals surface area contributed by atoms with Gasteiger partial charge in [-0.15, -0.1) is 0 Å². The molecule has 7 heteroatoms. The summed E-state index contributed by atoms with van der Waals surface area (Å²) in [5, 5.41) is 8.83. The zero-order valence-corrected chi connectivity index (χ0v) is 6.92. The number of aliphatic hydroxyl groups excluding tert-OH is 1. The maximum Gasteiger partial charge on any atom is 0.333 e. The van der Waals surface area contributed by atoms with Crippen molar-refractivity contribution in [3.63, 3.8) is 0 Å². The Bertz CT molecular complexity index is 275. The Hall–Kier alpha value is -1.11. The second-order valence-electron chi connectivity index (χ2n) is 2.73. The Kier molecular flexibility index (Phi) is 3.10. The van der Waals surface area contributed by atoms with Crippen LogP contribution < -0.4 is 0 Å². The van der Waals surface area contributed by atoms with Gasteiger partial charge in [-0.1, -0.05) is 0 Å². The highest BCUT2D eigenvalue weighted by Gasteiger charge is 2.48. The van der Waals surface area contributed by atoms with Crippen LogP contribution in [0.2, 0.25) is 0 Å². The van der Waals surface area contributed by atoms with Gasteiger partial charge in [0.1, 0.15) is 11.9 Å². The monoisotopic (exact) mass is 212 g/mol. The highest BCUT2D eigenvalue weighted by molar-refractivity contribution is 4.93. The van der Waals surface area contributed by atoms with Crippen LogP contribution in [0.25, 0.3) is 0 Å². The van der Waals surface area contributed by atoms with Gasteiger partial charge in [-0.05, 0) is 0 Å². The van der Waals surface area contributed by atoms with E-state index in [0.29, 0.717) is 0 Å². The van der Waals surface area contributed by atoms with E-state index in [9.17, 15) is 17.6 Å². The van der Waals surface area contributed by atoms with Gasteiger partial charge in [0.25, 0.3) is 0 Å². The molecular weight excluding hydrogens is 204 g/mol. The first-order valence-corrected chi connectivity index (χ1v) is 3.77. The lowest BCUT2D eigenvalue weighted by Gasteiger charge is -2.20. The predicted molar refractivity (Wildman–Crippen MR) is 39.2 cm³/mol. The lowest BCUT2D eigenvalue weighted by Crippen LogP contribution is -2.41. The van der Waals surface area contributed by atoms with E-state index < -0.39 is 24.9 Å². The molecule has 0 aliphatic carbocycles. The number of aromatic amines is 1. The van der Waals surface area contributed by atoms with Crippen LogP contribution in [-0.4, -0.2) is 33.5 Å². The van der Waals surface area contributed by atoms with Crippen molar-refractivity contribution < 1.29 is 22.7 Å². The number of alkyl halides is 4. The van der Waals surface area contributed by atoms with Crippen molar-refractivity contribution in [3.8, 4) is 0 Å². The van der Waals surface area contributed by atoms with E-state index >= 15 is 0 Å². The molecule has 0 fully saturated rings. The molecule has 1 aromatic heterocycles. The molecule has 1 heterocycles. The third kappa shape index (κ3) is 2.22. The van der Waals surface area contributed by atoms with Crippen LogP contribution in [0.3, 0.4) is 0 Å². The minimum absolute atomic E-state index is 0.0397. The lowest BCUT2D eigenvalue weighted by molar-refractivity contribution is -0.190. The second kappa shape index (κ2) is 3.95. The summed E-state index contributed by atoms with van der Waals surface area (Å²) < 4.78 is 48.5. The predicted octanol–water partition coefficient (Wildman–Crippen LogP) is 1.21. The molecule has 0 radical (unpaired) electrons. The van der Waals surface area contributed by atoms with Crippen molar-refractivity contribution in [2.75, 3.05) is 0 Å². The van der Waals surface area contributed by atoms with E-state index in [1.54, 1.807) is 0 Å². The molecule has 80 valence electrons. The number of imidazole rings is 1. The van der Waals surface area contributed by atoms with Crippen LogP contribution in [0.4, 0.5) is 17.6 Å². The summed E-state index contributed by atoms with van der Waals surface area (Å²) in [5.41, 5.74) is 0. The third-order valence-electron chi connectivity index (χ3n) is 1.68. The van der Waals surface area contributed by atoms with Crippen molar-refractivity contribution >= 4 is 0 Å². The van der Waals surface area contributed by atoms with Gasteiger partial charge < -0.3 is 10.1 Å². The van der Waals surface area contributed by atoms with Crippen molar-refractivity contribution in [2.45, 2.75) is 24.9 Å². The Morgan fingerprint density at radius 1 is 1.50 bits per heavy atom. The molecule has 1 rings (SSSR count). The number of hydrogen-bond donors (Lipinski definition) is 2. The molecule has 1 unspecified atom stereocenters. The number of hydrogen-bond acceptors (Lipinski definition) is 2. The average Bonchev–Trinajstić information content (AvgIpc) is 2.56. The first-order chi connectivity index (χ1) is 6.44. The molecule has 0 aliphatic rings. The van der Waals surface area contributed by atoms with Crippen LogP contribution >= 0.6 is 0 Å². The zero-order chi connectivity index (χ0) is 10.8. The van der Waals surface area contributed by atoms with E-state index in [4.69, 9.17) is 5.11 Å². The van der Waals surface area contributed by atoms with Gasteiger partial charge in [0.15, 0.2) is 0 Å². The van der Waals surface area contributed by atoms with Crippen molar-refractivity contribution in [1.82, 2.24) is 9.97 Å². The van der Waals surface area contributed by atoms with Crippen LogP contribution in [0, 0.1) is 0 Å². The quantitative estimate of drug-likeness (QED) is 0.737. The number of H-pyrrole nitrogens is 1. The minimum Gasteiger partial charge on any atom is -0.386 e. The van der Waals surface area contributed by atoms with E-state index in [1.165, 1.54) is 12.4 Å². The van der Waals surface area contributed by atoms with E-state index in [2.05, 4.69) is 9.97 Å². The van der Waals surface area contributed by atoms with Gasteiger partial charge in [-0.25, -0.2) is 13.8 Å². The van der Waals surface area contributed by atoms with Crippen LogP contribution in [0.1, 0.15) is 5.82 Å². The fourth-order valence-electron chi connectivity index (χ4n) is 0.874. The van der Waals surface area contributed by atoms with Gasteiger partial charge in [0.2, 0.25) is 0 Å². The zero-order valence-electron chi connectivity index (χ0n) is 6.92. The Balaban J connectivity index is 2.62. The molecule has 14 heavy (non-hydrogen) atoms. The fourth-order valence-corrected chi connectivity index (χ4v) is 0.874. The number of halogens is 4. The van der Waals surface area contributed by atoms with Gasteiger partial charge in [-0.3, -0.25) is 0 Å². The fraction of sp³-hybridized carbons (Fsp3) is 0.571. The topological polar surface area (TPSA) is 48.9 Å². The molecule has 0 saturated heterocycles. The Morgan fingerprint density at radius 3 is 2.57 bits per heavy atom. The lowest BCUT2D eigenvalue weighted by atomic mass is 10.1. The van der Waals surface area contributed by atoms with Crippen LogP contribution in [0.15, 0.2) is 12.4 Å². The Morgan fingerprint density at radius 2 is 2.14 bits per heavy atom. The molecule has 0 aliphatic heterocycles. The average molecular weight is 212 g/mol. The van der Waals surface area contributed by atoms with E-state index in [1.807, 2.05) is 0 Å². The number of aromatic nitrogens is 2. The van der Waals surface area contributed by atoms with Gasteiger partial charge in [0, 0.05) is 18.8 Å². The second-order valence-corrected chi connectivity index (χ2v) is 2.73. The summed E-state index contributed by atoms with van der Waals surface area (Å²) in [6.45, 7) is 0. The normalized spacial score (nSPS) is 14.7. The minimum atomic E-state index is -4.41. The molecule has 3 nitrogen and oxygen atoms in total. The van der Waals surface area contributed by atoms with Crippen LogP contribution in [-0.2, 0) is 6.42 Å². The SMILES string of the molecule is OC(Cc1ncc[nH]1)C(F)(F)C(F)F. The molecule has 2 N–H and O–H groups in total. The van der Waals surface area contributed by atoms with Crippen molar-refractivity contribution in [2.24, 2.45) is 0 Å². The molecule has 0 spiro atoms. The number of rotatable bonds is 4. The van der Waals surface area contributed by atoms with Gasteiger partial charge >= 0.3 is 12.3 Å². The summed E-state index contributed by atoms with van der Waals surface area (Å²) in [7, 11) is 0. The van der Waals surface area contributed by atoms with E-state index in [-0.39, 0.29) is 5.82 Å². The molecule has 0 amide bonds. The first-order valence-electron chi connectivity index (χ1n) is 3.77. The van der Waals surface area contributed by atoms with Crippen molar-refractivity contribution in [1.29, 1.82) is 0 Å². The molecule has 1 aromatic rings. The van der Waals surface area contributed by atoms with Crippen molar-refractivity contribution in [3.05, 3.63) is 18.2 Å². The van der Waals surface area contributed by atoms with Crippen LogP contribution in [0.5, 0.6) is 0 Å². The summed E-state index contributed by atoms with van der Waals surface area (Å²) in [6, 6.07) is 0. The van der Waals surface area contributed by atoms with E-state index in [0.717, 1.165) is 0 Å². The maximum atomic E-state index is 12.5. The number of nitrogens with zero attached hydrogens (tertiary/aromatic N) is 1. The summed E-state index contributed by atoms with van der Waals surface area (Å²) >= 11 is 0. The number of aliphatic hydroxyl groups is 1. The van der Waals surface area contributed by atoms with Gasteiger partial charge in [-0.2, -0.15) is 8.78 Å². The third-order valence-corrected chi connectivity index (χ3v) is 1.68. The summed E-state index contributed by atoms with van der Waals surface area (Å²) in [5.74, 6) is -4.37. The first kappa shape index (κ1) is 11.0. The highest BCUT2D eigenvalue weighted by Crippen LogP contribution is 2.28. The molecular formula is C7H8F4N2O. The molecule has 0 aromatic carbocycles. The standard InChI is InChI=1S/C7H8F4N2O/c8-6(9)7(10,11)4(14)3-5-12-1-2-13-5/h1-2,4,6,14H,3H2,(H,12,13).